The molecule has 39 heavy (non-hydrogen) atoms. The first-order valence-electron chi connectivity index (χ1n) is 13.4. The van der Waals surface area contributed by atoms with Gasteiger partial charge < -0.3 is 10.3 Å². The van der Waals surface area contributed by atoms with E-state index in [0.29, 0.717) is 23.3 Å². The van der Waals surface area contributed by atoms with Gasteiger partial charge in [0.15, 0.2) is 5.69 Å². The summed E-state index contributed by atoms with van der Waals surface area (Å²) in [6, 6.07) is 25.9. The van der Waals surface area contributed by atoms with E-state index in [1.54, 1.807) is 10.8 Å². The lowest BCUT2D eigenvalue weighted by atomic mass is 10.00. The van der Waals surface area contributed by atoms with Gasteiger partial charge in [0.1, 0.15) is 6.04 Å². The second-order valence-electron chi connectivity index (χ2n) is 9.71. The standard InChI is InChI=1S/C32H29N5O2/c1-2-3-10-18-34-31(38)30(23-17-19-33-25-14-7-5-12-22(23)25)37-28-16-9-8-15-26(28)36-29(32(37)39)27-20-21-11-4-6-13-24(21)35-27/h4-9,11-17,19-20,30,35H,2-3,10,18H2,1H3,(H,34,38). The van der Waals surface area contributed by atoms with Crippen LogP contribution >= 0.6 is 0 Å². The molecular formula is C32H29N5O2. The minimum atomic E-state index is -0.914. The fourth-order valence-electron chi connectivity index (χ4n) is 5.22. The number of hydrogen-bond acceptors (Lipinski definition) is 4. The lowest BCUT2D eigenvalue weighted by Gasteiger charge is -2.23. The minimum absolute atomic E-state index is 0.233. The van der Waals surface area contributed by atoms with E-state index < -0.39 is 6.04 Å². The third kappa shape index (κ3) is 4.56. The highest BCUT2D eigenvalue weighted by atomic mass is 16.2. The van der Waals surface area contributed by atoms with Crippen LogP contribution in [0, 0.1) is 0 Å². The van der Waals surface area contributed by atoms with Gasteiger partial charge >= 0.3 is 0 Å². The van der Waals surface area contributed by atoms with Crippen LogP contribution in [0.3, 0.4) is 0 Å². The Hall–Kier alpha value is -4.78. The van der Waals surface area contributed by atoms with Crippen molar-refractivity contribution in [3.63, 3.8) is 0 Å². The molecule has 0 bridgehead atoms. The maximum atomic E-state index is 14.4. The van der Waals surface area contributed by atoms with Crippen LogP contribution in [0.5, 0.6) is 0 Å². The summed E-state index contributed by atoms with van der Waals surface area (Å²) in [5.41, 5.74) is 4.17. The van der Waals surface area contributed by atoms with Crippen molar-refractivity contribution in [2.24, 2.45) is 0 Å². The molecule has 1 unspecified atom stereocenters. The highest BCUT2D eigenvalue weighted by molar-refractivity contribution is 5.93. The Kier molecular flexibility index (Phi) is 6.63. The second-order valence-corrected chi connectivity index (χ2v) is 9.71. The third-order valence-electron chi connectivity index (χ3n) is 7.14. The number of H-pyrrole nitrogens is 1. The van der Waals surface area contributed by atoms with Gasteiger partial charge in [0, 0.05) is 29.0 Å². The van der Waals surface area contributed by atoms with Crippen molar-refractivity contribution in [1.29, 1.82) is 0 Å². The molecule has 3 aromatic carbocycles. The Morgan fingerprint density at radius 2 is 1.72 bits per heavy atom. The zero-order valence-electron chi connectivity index (χ0n) is 21.7. The average molecular weight is 516 g/mol. The number of hydrogen-bond donors (Lipinski definition) is 2. The Morgan fingerprint density at radius 3 is 2.56 bits per heavy atom. The van der Waals surface area contributed by atoms with Gasteiger partial charge in [-0.2, -0.15) is 0 Å². The molecule has 194 valence electrons. The molecule has 7 nitrogen and oxygen atoms in total. The van der Waals surface area contributed by atoms with E-state index in [9.17, 15) is 9.59 Å². The van der Waals surface area contributed by atoms with Gasteiger partial charge in [0.2, 0.25) is 5.91 Å². The van der Waals surface area contributed by atoms with E-state index in [2.05, 4.69) is 22.2 Å². The topological polar surface area (TPSA) is 92.7 Å². The summed E-state index contributed by atoms with van der Waals surface area (Å²) in [4.78, 5) is 41.0. The Bertz CT molecular complexity index is 1830. The smallest absolute Gasteiger partial charge is 0.280 e. The number of pyridine rings is 1. The van der Waals surface area contributed by atoms with Crippen molar-refractivity contribution in [3.8, 4) is 11.4 Å². The van der Waals surface area contributed by atoms with Crippen LogP contribution in [-0.2, 0) is 4.79 Å². The number of unbranched alkanes of at least 4 members (excludes halogenated alkanes) is 2. The molecule has 0 saturated heterocycles. The van der Waals surface area contributed by atoms with Crippen molar-refractivity contribution in [1.82, 2.24) is 24.8 Å². The largest absolute Gasteiger partial charge is 0.354 e. The number of para-hydroxylation sites is 4. The van der Waals surface area contributed by atoms with E-state index in [0.717, 1.165) is 46.6 Å². The summed E-state index contributed by atoms with van der Waals surface area (Å²) in [6.07, 6.45) is 4.64. The molecule has 0 fully saturated rings. The SMILES string of the molecule is CCCCCNC(=O)C(c1ccnc2ccccc12)n1c(=O)c(-c2cc3ccccc3[nH]2)nc2ccccc21. The van der Waals surface area contributed by atoms with Crippen LogP contribution in [0.2, 0.25) is 0 Å². The summed E-state index contributed by atoms with van der Waals surface area (Å²) in [5.74, 6) is -0.233. The van der Waals surface area contributed by atoms with Crippen molar-refractivity contribution in [2.75, 3.05) is 6.54 Å². The molecule has 3 aromatic heterocycles. The molecule has 6 rings (SSSR count). The van der Waals surface area contributed by atoms with Gasteiger partial charge in [0.25, 0.3) is 5.56 Å². The minimum Gasteiger partial charge on any atom is -0.354 e. The van der Waals surface area contributed by atoms with E-state index in [-0.39, 0.29) is 17.2 Å². The fraction of sp³-hybridized carbons (Fsp3) is 0.188. The highest BCUT2D eigenvalue weighted by Crippen LogP contribution is 2.29. The molecule has 0 radical (unpaired) electrons. The normalized spacial score (nSPS) is 12.2. The van der Waals surface area contributed by atoms with Gasteiger partial charge in [-0.15, -0.1) is 0 Å². The van der Waals surface area contributed by atoms with Crippen LogP contribution in [-0.4, -0.2) is 32.0 Å². The fourth-order valence-corrected chi connectivity index (χ4v) is 5.22. The molecule has 0 spiro atoms. The Morgan fingerprint density at radius 1 is 0.949 bits per heavy atom. The number of aromatic amines is 1. The molecule has 0 aliphatic heterocycles. The van der Waals surface area contributed by atoms with Crippen molar-refractivity contribution >= 4 is 38.7 Å². The molecule has 0 saturated carbocycles. The van der Waals surface area contributed by atoms with Gasteiger partial charge in [-0.25, -0.2) is 4.98 Å². The number of rotatable bonds is 8. The number of carbonyl (C=O) groups excluding carboxylic acids is 1. The number of nitrogens with one attached hydrogen (secondary N) is 2. The lowest BCUT2D eigenvalue weighted by molar-refractivity contribution is -0.123. The number of amides is 1. The molecule has 0 aliphatic rings. The van der Waals surface area contributed by atoms with Gasteiger partial charge in [-0.1, -0.05) is 68.3 Å². The maximum Gasteiger partial charge on any atom is 0.280 e. The summed E-state index contributed by atoms with van der Waals surface area (Å²) in [7, 11) is 0. The zero-order chi connectivity index (χ0) is 26.8. The van der Waals surface area contributed by atoms with Crippen molar-refractivity contribution in [2.45, 2.75) is 32.2 Å². The number of aromatic nitrogens is 4. The van der Waals surface area contributed by atoms with Crippen LogP contribution in [0.4, 0.5) is 0 Å². The molecule has 2 N–H and O–H groups in total. The lowest BCUT2D eigenvalue weighted by Crippen LogP contribution is -2.39. The van der Waals surface area contributed by atoms with Gasteiger partial charge in [-0.3, -0.25) is 19.1 Å². The summed E-state index contributed by atoms with van der Waals surface area (Å²) in [5, 5.41) is 4.92. The zero-order valence-corrected chi connectivity index (χ0v) is 21.7. The van der Waals surface area contributed by atoms with E-state index >= 15 is 0 Å². The average Bonchev–Trinajstić information content (AvgIpc) is 3.41. The molecule has 1 atom stereocenters. The van der Waals surface area contributed by atoms with Crippen molar-refractivity contribution in [3.05, 3.63) is 107 Å². The highest BCUT2D eigenvalue weighted by Gasteiger charge is 2.29. The molecule has 3 heterocycles. The second kappa shape index (κ2) is 10.5. The number of fused-ring (bicyclic) bond motifs is 3. The van der Waals surface area contributed by atoms with Gasteiger partial charge in [-0.05, 0) is 48.4 Å². The maximum absolute atomic E-state index is 14.4. The van der Waals surface area contributed by atoms with Crippen LogP contribution < -0.4 is 10.9 Å². The van der Waals surface area contributed by atoms with Crippen LogP contribution in [0.15, 0.2) is 95.9 Å². The van der Waals surface area contributed by atoms with Crippen molar-refractivity contribution < 1.29 is 4.79 Å². The number of carbonyl (C=O) groups is 1. The third-order valence-corrected chi connectivity index (χ3v) is 7.14. The Balaban J connectivity index is 1.61. The summed E-state index contributed by atoms with van der Waals surface area (Å²) in [6.45, 7) is 2.67. The monoisotopic (exact) mass is 515 g/mol. The molecular weight excluding hydrogens is 486 g/mol. The summed E-state index contributed by atoms with van der Waals surface area (Å²) < 4.78 is 1.60. The number of benzene rings is 3. The Labute approximate surface area is 225 Å². The summed E-state index contributed by atoms with van der Waals surface area (Å²) >= 11 is 0. The number of nitrogens with zero attached hydrogens (tertiary/aromatic N) is 3. The quantitative estimate of drug-likeness (QED) is 0.244. The van der Waals surface area contributed by atoms with E-state index in [1.165, 1.54) is 0 Å². The first-order valence-corrected chi connectivity index (χ1v) is 13.4. The first kappa shape index (κ1) is 24.6. The van der Waals surface area contributed by atoms with E-state index in [1.807, 2.05) is 84.9 Å². The molecule has 6 aromatic rings. The predicted octanol–water partition coefficient (Wildman–Crippen LogP) is 5.99. The molecule has 7 heteroatoms. The molecule has 0 aliphatic carbocycles. The van der Waals surface area contributed by atoms with E-state index in [4.69, 9.17) is 4.98 Å². The van der Waals surface area contributed by atoms with Crippen LogP contribution in [0.25, 0.3) is 44.2 Å². The predicted molar refractivity (Wildman–Crippen MR) is 156 cm³/mol. The first-order chi connectivity index (χ1) is 19.2. The molecule has 1 amide bonds. The van der Waals surface area contributed by atoms with Crippen LogP contribution in [0.1, 0.15) is 37.8 Å². The van der Waals surface area contributed by atoms with Gasteiger partial charge in [0.05, 0.1) is 22.2 Å².